The fourth-order valence-corrected chi connectivity index (χ4v) is 3.35. The van der Waals surface area contributed by atoms with E-state index < -0.39 is 0 Å². The smallest absolute Gasteiger partial charge is 0.0276 e. The molecule has 0 saturated heterocycles. The van der Waals surface area contributed by atoms with E-state index in [0.29, 0.717) is 0 Å². The van der Waals surface area contributed by atoms with Gasteiger partial charge >= 0.3 is 0 Å². The predicted octanol–water partition coefficient (Wildman–Crippen LogP) is 3.49. The molecule has 0 saturated carbocycles. The second kappa shape index (κ2) is 4.52. The van der Waals surface area contributed by atoms with Crippen LogP contribution in [-0.2, 0) is 19.3 Å². The van der Waals surface area contributed by atoms with Gasteiger partial charge in [0.2, 0.25) is 0 Å². The standard InChI is InChI=1S/C16H16BrN/c17-15-7-3-4-12(8-15)9-16(18)10-13-5-1-2-6-14(13)11-16/h1-8H,9-11,18H2. The van der Waals surface area contributed by atoms with E-state index in [1.54, 1.807) is 0 Å². The third-order valence-electron chi connectivity index (χ3n) is 3.65. The van der Waals surface area contributed by atoms with Gasteiger partial charge in [0.1, 0.15) is 0 Å². The Hall–Kier alpha value is -1.12. The van der Waals surface area contributed by atoms with E-state index in [1.807, 2.05) is 0 Å². The molecular formula is C16H16BrN. The lowest BCUT2D eigenvalue weighted by molar-refractivity contribution is 0.446. The van der Waals surface area contributed by atoms with Gasteiger partial charge in [0.05, 0.1) is 0 Å². The molecule has 0 spiro atoms. The molecule has 2 aromatic carbocycles. The lowest BCUT2D eigenvalue weighted by Crippen LogP contribution is -2.42. The highest BCUT2D eigenvalue weighted by molar-refractivity contribution is 9.10. The molecule has 2 aromatic rings. The molecule has 18 heavy (non-hydrogen) atoms. The van der Waals surface area contributed by atoms with Crippen LogP contribution in [0.4, 0.5) is 0 Å². The minimum Gasteiger partial charge on any atom is -0.324 e. The first-order valence-electron chi connectivity index (χ1n) is 6.25. The van der Waals surface area contributed by atoms with E-state index in [0.717, 1.165) is 23.7 Å². The molecule has 0 atom stereocenters. The van der Waals surface area contributed by atoms with Crippen LogP contribution in [0.25, 0.3) is 0 Å². The Kier molecular flexibility index (Phi) is 3.00. The van der Waals surface area contributed by atoms with Gasteiger partial charge in [0.25, 0.3) is 0 Å². The Morgan fingerprint density at radius 3 is 2.28 bits per heavy atom. The SMILES string of the molecule is NC1(Cc2cccc(Br)c2)Cc2ccccc2C1. The highest BCUT2D eigenvalue weighted by atomic mass is 79.9. The lowest BCUT2D eigenvalue weighted by Gasteiger charge is -2.23. The molecule has 3 rings (SSSR count). The zero-order valence-corrected chi connectivity index (χ0v) is 11.8. The highest BCUT2D eigenvalue weighted by Gasteiger charge is 2.33. The predicted molar refractivity (Wildman–Crippen MR) is 78.6 cm³/mol. The number of hydrogen-bond donors (Lipinski definition) is 1. The van der Waals surface area contributed by atoms with Crippen LogP contribution >= 0.6 is 15.9 Å². The molecule has 0 aromatic heterocycles. The molecule has 1 nitrogen and oxygen atoms in total. The van der Waals surface area contributed by atoms with Gasteiger partial charge in [-0.1, -0.05) is 52.3 Å². The van der Waals surface area contributed by atoms with E-state index in [-0.39, 0.29) is 5.54 Å². The van der Waals surface area contributed by atoms with E-state index in [4.69, 9.17) is 5.73 Å². The minimum atomic E-state index is -0.121. The van der Waals surface area contributed by atoms with Gasteiger partial charge in [-0.05, 0) is 48.1 Å². The van der Waals surface area contributed by atoms with Crippen molar-refractivity contribution >= 4 is 15.9 Å². The van der Waals surface area contributed by atoms with Crippen LogP contribution in [0.15, 0.2) is 53.0 Å². The van der Waals surface area contributed by atoms with Crippen molar-refractivity contribution in [2.45, 2.75) is 24.8 Å². The lowest BCUT2D eigenvalue weighted by atomic mass is 9.89. The Labute approximate surface area is 116 Å². The van der Waals surface area contributed by atoms with Gasteiger partial charge in [0.15, 0.2) is 0 Å². The minimum absolute atomic E-state index is 0.121. The van der Waals surface area contributed by atoms with Gasteiger partial charge in [0, 0.05) is 10.0 Å². The van der Waals surface area contributed by atoms with Crippen molar-refractivity contribution in [1.82, 2.24) is 0 Å². The third kappa shape index (κ3) is 2.36. The van der Waals surface area contributed by atoms with E-state index in [9.17, 15) is 0 Å². The first kappa shape index (κ1) is 11.9. The molecule has 0 unspecified atom stereocenters. The molecular weight excluding hydrogens is 286 g/mol. The van der Waals surface area contributed by atoms with E-state index >= 15 is 0 Å². The number of hydrogen-bond acceptors (Lipinski definition) is 1. The maximum atomic E-state index is 6.58. The number of benzene rings is 2. The van der Waals surface area contributed by atoms with Gasteiger partial charge in [-0.25, -0.2) is 0 Å². The van der Waals surface area contributed by atoms with Crippen LogP contribution in [0.1, 0.15) is 16.7 Å². The largest absolute Gasteiger partial charge is 0.324 e. The Bertz CT molecular complexity index is 552. The molecule has 0 heterocycles. The molecule has 0 fully saturated rings. The van der Waals surface area contributed by atoms with Crippen LogP contribution < -0.4 is 5.73 Å². The summed E-state index contributed by atoms with van der Waals surface area (Å²) in [5.41, 5.74) is 10.6. The fourth-order valence-electron chi connectivity index (χ4n) is 2.90. The molecule has 2 N–H and O–H groups in total. The van der Waals surface area contributed by atoms with Crippen LogP contribution in [0.2, 0.25) is 0 Å². The van der Waals surface area contributed by atoms with Crippen LogP contribution in [0.3, 0.4) is 0 Å². The summed E-state index contributed by atoms with van der Waals surface area (Å²) >= 11 is 3.52. The number of nitrogens with two attached hydrogens (primary N) is 1. The average Bonchev–Trinajstić information content (AvgIpc) is 2.64. The van der Waals surface area contributed by atoms with Crippen molar-refractivity contribution in [2.75, 3.05) is 0 Å². The molecule has 2 heteroatoms. The van der Waals surface area contributed by atoms with Crippen LogP contribution in [0.5, 0.6) is 0 Å². The zero-order chi connectivity index (χ0) is 12.6. The Morgan fingerprint density at radius 1 is 1.00 bits per heavy atom. The van der Waals surface area contributed by atoms with Crippen molar-refractivity contribution in [3.05, 3.63) is 69.7 Å². The quantitative estimate of drug-likeness (QED) is 0.903. The van der Waals surface area contributed by atoms with Gasteiger partial charge in [-0.2, -0.15) is 0 Å². The Morgan fingerprint density at radius 2 is 1.67 bits per heavy atom. The molecule has 0 aliphatic heterocycles. The Balaban J connectivity index is 1.83. The van der Waals surface area contributed by atoms with Gasteiger partial charge in [-0.3, -0.25) is 0 Å². The second-order valence-corrected chi connectivity index (χ2v) is 6.21. The zero-order valence-electron chi connectivity index (χ0n) is 10.2. The van der Waals surface area contributed by atoms with Gasteiger partial charge in [-0.15, -0.1) is 0 Å². The summed E-state index contributed by atoms with van der Waals surface area (Å²) in [5.74, 6) is 0. The van der Waals surface area contributed by atoms with E-state index in [1.165, 1.54) is 16.7 Å². The van der Waals surface area contributed by atoms with Crippen LogP contribution in [-0.4, -0.2) is 5.54 Å². The molecule has 0 radical (unpaired) electrons. The van der Waals surface area contributed by atoms with Crippen molar-refractivity contribution in [1.29, 1.82) is 0 Å². The summed E-state index contributed by atoms with van der Waals surface area (Å²) in [4.78, 5) is 0. The molecule has 0 amide bonds. The summed E-state index contributed by atoms with van der Waals surface area (Å²) < 4.78 is 1.12. The highest BCUT2D eigenvalue weighted by Crippen LogP contribution is 2.31. The van der Waals surface area contributed by atoms with Crippen molar-refractivity contribution in [2.24, 2.45) is 5.73 Å². The number of fused-ring (bicyclic) bond motifs is 1. The number of rotatable bonds is 2. The summed E-state index contributed by atoms with van der Waals surface area (Å²) in [5, 5.41) is 0. The normalized spacial score (nSPS) is 16.6. The number of halogens is 1. The summed E-state index contributed by atoms with van der Waals surface area (Å²) in [6.45, 7) is 0. The van der Waals surface area contributed by atoms with Crippen LogP contribution in [0, 0.1) is 0 Å². The molecule has 1 aliphatic rings. The second-order valence-electron chi connectivity index (χ2n) is 5.29. The summed E-state index contributed by atoms with van der Waals surface area (Å²) in [7, 11) is 0. The monoisotopic (exact) mass is 301 g/mol. The third-order valence-corrected chi connectivity index (χ3v) is 4.14. The first-order valence-corrected chi connectivity index (χ1v) is 7.04. The maximum Gasteiger partial charge on any atom is 0.0276 e. The maximum absolute atomic E-state index is 6.58. The first-order chi connectivity index (χ1) is 8.65. The summed E-state index contributed by atoms with van der Waals surface area (Å²) in [6, 6.07) is 17.0. The molecule has 92 valence electrons. The molecule has 0 bridgehead atoms. The average molecular weight is 302 g/mol. The van der Waals surface area contributed by atoms with Crippen molar-refractivity contribution in [3.63, 3.8) is 0 Å². The summed E-state index contributed by atoms with van der Waals surface area (Å²) in [6.07, 6.45) is 2.90. The van der Waals surface area contributed by atoms with Crippen molar-refractivity contribution < 1.29 is 0 Å². The molecule has 1 aliphatic carbocycles. The van der Waals surface area contributed by atoms with Gasteiger partial charge < -0.3 is 5.73 Å². The topological polar surface area (TPSA) is 26.0 Å². The van der Waals surface area contributed by atoms with Crippen molar-refractivity contribution in [3.8, 4) is 0 Å². The fraction of sp³-hybridized carbons (Fsp3) is 0.250. The van der Waals surface area contributed by atoms with E-state index in [2.05, 4.69) is 64.5 Å².